The molecule has 2 aliphatic carbocycles. The minimum absolute atomic E-state index is 0.00713. The fourth-order valence-corrected chi connectivity index (χ4v) is 3.86. The van der Waals surface area contributed by atoms with Gasteiger partial charge >= 0.3 is 0 Å². The molecule has 1 fully saturated rings. The van der Waals surface area contributed by atoms with Crippen molar-refractivity contribution in [3.05, 3.63) is 65.0 Å². The van der Waals surface area contributed by atoms with Gasteiger partial charge in [0.25, 0.3) is 0 Å². The van der Waals surface area contributed by atoms with Crippen LogP contribution in [0.4, 0.5) is 10.1 Å². The molecule has 2 aromatic carbocycles. The number of fused-ring (bicyclic) bond motifs is 1. The molecule has 0 bridgehead atoms. The number of amides is 1. The van der Waals surface area contributed by atoms with Gasteiger partial charge in [-0.05, 0) is 73.1 Å². The number of hydrogen-bond acceptors (Lipinski definition) is 1. The van der Waals surface area contributed by atoms with Crippen molar-refractivity contribution in [1.82, 2.24) is 0 Å². The molecule has 1 amide bonds. The second-order valence-corrected chi connectivity index (χ2v) is 6.74. The molecule has 4 rings (SSSR count). The summed E-state index contributed by atoms with van der Waals surface area (Å²) in [5.41, 5.74) is 3.82. The lowest BCUT2D eigenvalue weighted by Crippen LogP contribution is -2.46. The summed E-state index contributed by atoms with van der Waals surface area (Å²) in [5.74, 6) is -0.286. The van der Waals surface area contributed by atoms with Crippen LogP contribution < -0.4 is 5.32 Å². The third kappa shape index (κ3) is 2.44. The molecule has 0 aromatic heterocycles. The van der Waals surface area contributed by atoms with E-state index in [0.29, 0.717) is 0 Å². The molecule has 3 heteroatoms. The first-order valence-corrected chi connectivity index (χ1v) is 8.37. The van der Waals surface area contributed by atoms with E-state index in [0.717, 1.165) is 43.4 Å². The molecule has 23 heavy (non-hydrogen) atoms. The second-order valence-electron chi connectivity index (χ2n) is 6.74. The first kappa shape index (κ1) is 14.4. The highest BCUT2D eigenvalue weighted by Crippen LogP contribution is 2.44. The molecule has 0 spiro atoms. The van der Waals surface area contributed by atoms with Gasteiger partial charge in [-0.15, -0.1) is 0 Å². The monoisotopic (exact) mass is 309 g/mol. The number of nitrogens with one attached hydrogen (secondary N) is 1. The van der Waals surface area contributed by atoms with Crippen molar-refractivity contribution in [3.8, 4) is 0 Å². The van der Waals surface area contributed by atoms with Crippen LogP contribution in [0.3, 0.4) is 0 Å². The van der Waals surface area contributed by atoms with E-state index >= 15 is 0 Å². The zero-order valence-corrected chi connectivity index (χ0v) is 13.1. The molecule has 0 aliphatic heterocycles. The van der Waals surface area contributed by atoms with Gasteiger partial charge in [-0.2, -0.15) is 0 Å². The van der Waals surface area contributed by atoms with Gasteiger partial charge in [-0.1, -0.05) is 24.6 Å². The Kier molecular flexibility index (Phi) is 3.44. The first-order chi connectivity index (χ1) is 11.2. The maximum atomic E-state index is 13.6. The Morgan fingerprint density at radius 2 is 1.83 bits per heavy atom. The summed E-state index contributed by atoms with van der Waals surface area (Å²) in [7, 11) is 0. The van der Waals surface area contributed by atoms with Crippen molar-refractivity contribution in [1.29, 1.82) is 0 Å². The molecular formula is C20H20FNO. The number of anilines is 1. The van der Waals surface area contributed by atoms with Crippen LogP contribution in [-0.4, -0.2) is 5.91 Å². The number of carbonyl (C=O) groups is 1. The standard InChI is InChI=1S/C20H20FNO/c21-17-7-2-6-16(13-17)20(10-3-11-20)19(23)22-18-9-8-14-4-1-5-15(14)12-18/h2,6-9,12-13H,1,3-5,10-11H2,(H,22,23). The molecule has 0 saturated heterocycles. The fraction of sp³-hybridized carbons (Fsp3) is 0.350. The number of halogens is 1. The van der Waals surface area contributed by atoms with E-state index in [9.17, 15) is 9.18 Å². The summed E-state index contributed by atoms with van der Waals surface area (Å²) < 4.78 is 13.6. The number of rotatable bonds is 3. The van der Waals surface area contributed by atoms with Crippen LogP contribution in [0, 0.1) is 5.82 Å². The number of aryl methyl sites for hydroxylation is 2. The fourth-order valence-electron chi connectivity index (χ4n) is 3.86. The minimum atomic E-state index is -0.568. The highest BCUT2D eigenvalue weighted by molar-refractivity contribution is 6.00. The normalized spacial score (nSPS) is 18.1. The summed E-state index contributed by atoms with van der Waals surface area (Å²) >= 11 is 0. The van der Waals surface area contributed by atoms with E-state index in [-0.39, 0.29) is 11.7 Å². The van der Waals surface area contributed by atoms with E-state index in [1.807, 2.05) is 12.1 Å². The van der Waals surface area contributed by atoms with Gasteiger partial charge < -0.3 is 5.32 Å². The maximum Gasteiger partial charge on any atom is 0.235 e. The van der Waals surface area contributed by atoms with E-state index in [1.54, 1.807) is 6.07 Å². The topological polar surface area (TPSA) is 29.1 Å². The van der Waals surface area contributed by atoms with Gasteiger partial charge in [0, 0.05) is 5.69 Å². The zero-order valence-electron chi connectivity index (χ0n) is 13.1. The average molecular weight is 309 g/mol. The van der Waals surface area contributed by atoms with Crippen LogP contribution in [0.1, 0.15) is 42.4 Å². The van der Waals surface area contributed by atoms with Crippen molar-refractivity contribution in [2.45, 2.75) is 43.9 Å². The number of carbonyl (C=O) groups excluding carboxylic acids is 1. The molecule has 2 nitrogen and oxygen atoms in total. The lowest BCUT2D eigenvalue weighted by molar-refractivity contribution is -0.124. The molecule has 0 unspecified atom stereocenters. The molecule has 2 aliphatic rings. The molecule has 1 N–H and O–H groups in total. The van der Waals surface area contributed by atoms with Gasteiger partial charge in [0.15, 0.2) is 0 Å². The second kappa shape index (κ2) is 5.48. The Morgan fingerprint density at radius 3 is 2.57 bits per heavy atom. The molecule has 0 atom stereocenters. The van der Waals surface area contributed by atoms with Crippen LogP contribution in [0.5, 0.6) is 0 Å². The number of benzene rings is 2. The Bertz CT molecular complexity index is 764. The largest absolute Gasteiger partial charge is 0.325 e. The van der Waals surface area contributed by atoms with Crippen molar-refractivity contribution in [2.75, 3.05) is 5.32 Å². The van der Waals surface area contributed by atoms with Crippen molar-refractivity contribution in [2.24, 2.45) is 0 Å². The lowest BCUT2D eigenvalue weighted by Gasteiger charge is -2.40. The molecule has 118 valence electrons. The Balaban J connectivity index is 1.60. The molecule has 0 radical (unpaired) electrons. The van der Waals surface area contributed by atoms with E-state index in [2.05, 4.69) is 17.4 Å². The summed E-state index contributed by atoms with van der Waals surface area (Å²) in [6, 6.07) is 12.7. The zero-order chi connectivity index (χ0) is 15.9. The van der Waals surface area contributed by atoms with Crippen LogP contribution in [0.25, 0.3) is 0 Å². The van der Waals surface area contributed by atoms with Gasteiger partial charge in [-0.3, -0.25) is 4.79 Å². The van der Waals surface area contributed by atoms with Gasteiger partial charge in [0.1, 0.15) is 5.82 Å². The average Bonchev–Trinajstić information content (AvgIpc) is 2.93. The van der Waals surface area contributed by atoms with E-state index < -0.39 is 5.41 Å². The van der Waals surface area contributed by atoms with Gasteiger partial charge in [0.2, 0.25) is 5.91 Å². The predicted molar refractivity (Wildman–Crippen MR) is 89.0 cm³/mol. The predicted octanol–water partition coefficient (Wildman–Crippen LogP) is 4.37. The van der Waals surface area contributed by atoms with Gasteiger partial charge in [0.05, 0.1) is 5.41 Å². The summed E-state index contributed by atoms with van der Waals surface area (Å²) in [4.78, 5) is 12.9. The van der Waals surface area contributed by atoms with Crippen LogP contribution in [0.2, 0.25) is 0 Å². The third-order valence-corrected chi connectivity index (χ3v) is 5.38. The summed E-state index contributed by atoms with van der Waals surface area (Å²) in [6.45, 7) is 0. The quantitative estimate of drug-likeness (QED) is 0.896. The van der Waals surface area contributed by atoms with Crippen LogP contribution in [-0.2, 0) is 23.1 Å². The maximum absolute atomic E-state index is 13.6. The Hall–Kier alpha value is -2.16. The molecule has 1 saturated carbocycles. The summed E-state index contributed by atoms with van der Waals surface area (Å²) in [5, 5.41) is 3.07. The van der Waals surface area contributed by atoms with E-state index in [1.165, 1.54) is 29.7 Å². The molecule has 0 heterocycles. The highest BCUT2D eigenvalue weighted by Gasteiger charge is 2.45. The SMILES string of the molecule is O=C(Nc1ccc2c(c1)CCC2)C1(c2cccc(F)c2)CCC1. The lowest BCUT2D eigenvalue weighted by atomic mass is 9.63. The van der Waals surface area contributed by atoms with Crippen molar-refractivity contribution in [3.63, 3.8) is 0 Å². The van der Waals surface area contributed by atoms with Crippen molar-refractivity contribution < 1.29 is 9.18 Å². The smallest absolute Gasteiger partial charge is 0.235 e. The van der Waals surface area contributed by atoms with Crippen molar-refractivity contribution >= 4 is 11.6 Å². The van der Waals surface area contributed by atoms with E-state index in [4.69, 9.17) is 0 Å². The Morgan fingerprint density at radius 1 is 1.00 bits per heavy atom. The third-order valence-electron chi connectivity index (χ3n) is 5.38. The molecular weight excluding hydrogens is 289 g/mol. The highest BCUT2D eigenvalue weighted by atomic mass is 19.1. The molecule has 2 aromatic rings. The van der Waals surface area contributed by atoms with Crippen LogP contribution >= 0.6 is 0 Å². The van der Waals surface area contributed by atoms with Gasteiger partial charge in [-0.25, -0.2) is 4.39 Å². The summed E-state index contributed by atoms with van der Waals surface area (Å²) in [6.07, 6.45) is 6.00. The minimum Gasteiger partial charge on any atom is -0.325 e. The first-order valence-electron chi connectivity index (χ1n) is 8.37. The van der Waals surface area contributed by atoms with Crippen LogP contribution in [0.15, 0.2) is 42.5 Å². The Labute approximate surface area is 135 Å². The number of hydrogen-bond donors (Lipinski definition) is 1.